The first-order valence-corrected chi connectivity index (χ1v) is 4.43. The van der Waals surface area contributed by atoms with E-state index in [-0.39, 0.29) is 0 Å². The maximum Gasteiger partial charge on any atom is 0.0398 e. The average Bonchev–Trinajstić information content (AvgIpc) is 2.17. The van der Waals surface area contributed by atoms with Crippen LogP contribution in [0, 0.1) is 0 Å². The van der Waals surface area contributed by atoms with Gasteiger partial charge in [0.2, 0.25) is 0 Å². The monoisotopic (exact) mass is 176 g/mol. The van der Waals surface area contributed by atoms with Gasteiger partial charge in [0.1, 0.15) is 0 Å². The molecule has 0 aliphatic rings. The summed E-state index contributed by atoms with van der Waals surface area (Å²) in [5, 5.41) is 6.28. The van der Waals surface area contributed by atoms with Crippen LogP contribution >= 0.6 is 0 Å². The summed E-state index contributed by atoms with van der Waals surface area (Å²) in [4.78, 5) is 0. The third-order valence-electron chi connectivity index (χ3n) is 1.78. The van der Waals surface area contributed by atoms with Crippen molar-refractivity contribution in [2.45, 2.75) is 6.54 Å². The lowest BCUT2D eigenvalue weighted by molar-refractivity contribution is 0.743. The second-order valence-corrected chi connectivity index (χ2v) is 2.97. The number of benzene rings is 1. The summed E-state index contributed by atoms with van der Waals surface area (Å²) < 4.78 is 0. The van der Waals surface area contributed by atoms with Gasteiger partial charge in [0.05, 0.1) is 0 Å². The molecule has 0 bridgehead atoms. The zero-order valence-corrected chi connectivity index (χ0v) is 8.01. The van der Waals surface area contributed by atoms with Crippen molar-refractivity contribution >= 4 is 0 Å². The van der Waals surface area contributed by atoms with E-state index in [0.29, 0.717) is 0 Å². The van der Waals surface area contributed by atoms with Crippen molar-refractivity contribution in [1.82, 2.24) is 10.6 Å². The summed E-state index contributed by atoms with van der Waals surface area (Å²) >= 11 is 0. The van der Waals surface area contributed by atoms with Crippen molar-refractivity contribution in [1.29, 1.82) is 0 Å². The van der Waals surface area contributed by atoms with Gasteiger partial charge in [-0.3, -0.25) is 0 Å². The number of hydrogen-bond donors (Lipinski definition) is 2. The molecular weight excluding hydrogens is 160 g/mol. The Bertz CT molecular complexity index is 254. The van der Waals surface area contributed by atoms with Crippen LogP contribution in [0.25, 0.3) is 0 Å². The van der Waals surface area contributed by atoms with Crippen LogP contribution in [-0.2, 0) is 6.54 Å². The molecule has 2 N–H and O–H groups in total. The predicted molar refractivity (Wildman–Crippen MR) is 56.3 cm³/mol. The highest BCUT2D eigenvalue weighted by Crippen LogP contribution is 1.98. The molecule has 0 heterocycles. The van der Waals surface area contributed by atoms with Gasteiger partial charge in [-0.1, -0.05) is 36.9 Å². The summed E-state index contributed by atoms with van der Waals surface area (Å²) in [6.07, 6.45) is 0. The van der Waals surface area contributed by atoms with Crippen LogP contribution < -0.4 is 10.6 Å². The maximum absolute atomic E-state index is 3.89. The molecule has 0 radical (unpaired) electrons. The Morgan fingerprint density at radius 2 is 2.00 bits per heavy atom. The lowest BCUT2D eigenvalue weighted by Crippen LogP contribution is -2.21. The molecule has 1 aromatic carbocycles. The molecule has 0 saturated carbocycles. The molecule has 0 saturated heterocycles. The van der Waals surface area contributed by atoms with Gasteiger partial charge in [-0.05, 0) is 12.6 Å². The van der Waals surface area contributed by atoms with Gasteiger partial charge in [-0.2, -0.15) is 0 Å². The second-order valence-electron chi connectivity index (χ2n) is 2.97. The van der Waals surface area contributed by atoms with Gasteiger partial charge in [0.25, 0.3) is 0 Å². The molecule has 0 aromatic heterocycles. The Balaban J connectivity index is 2.31. The van der Waals surface area contributed by atoms with E-state index in [0.717, 1.165) is 18.8 Å². The van der Waals surface area contributed by atoms with Crippen LogP contribution in [0.1, 0.15) is 5.56 Å². The standard InChI is InChI=1S/C11H16N2/c1-10(8-12-2)13-9-11-6-4-3-5-7-11/h3-7,12-13H,1,8-9H2,2H3. The molecule has 0 aliphatic carbocycles. The summed E-state index contributed by atoms with van der Waals surface area (Å²) in [5.41, 5.74) is 2.30. The smallest absolute Gasteiger partial charge is 0.0398 e. The molecule has 2 heteroatoms. The number of nitrogens with one attached hydrogen (secondary N) is 2. The lowest BCUT2D eigenvalue weighted by Gasteiger charge is -2.08. The van der Waals surface area contributed by atoms with E-state index >= 15 is 0 Å². The quantitative estimate of drug-likeness (QED) is 0.710. The summed E-state index contributed by atoms with van der Waals surface area (Å²) in [5.74, 6) is 0. The molecule has 0 spiro atoms. The van der Waals surface area contributed by atoms with Crippen LogP contribution in [0.4, 0.5) is 0 Å². The third-order valence-corrected chi connectivity index (χ3v) is 1.78. The largest absolute Gasteiger partial charge is 0.384 e. The molecule has 0 amide bonds. The molecule has 0 fully saturated rings. The number of rotatable bonds is 5. The highest BCUT2D eigenvalue weighted by Gasteiger charge is 1.92. The van der Waals surface area contributed by atoms with E-state index < -0.39 is 0 Å². The Kier molecular flexibility index (Phi) is 4.06. The van der Waals surface area contributed by atoms with E-state index in [1.165, 1.54) is 5.56 Å². The van der Waals surface area contributed by atoms with Crippen molar-refractivity contribution in [2.24, 2.45) is 0 Å². The molecule has 0 atom stereocenters. The second kappa shape index (κ2) is 5.38. The minimum Gasteiger partial charge on any atom is -0.384 e. The van der Waals surface area contributed by atoms with E-state index in [2.05, 4.69) is 29.3 Å². The Morgan fingerprint density at radius 1 is 1.31 bits per heavy atom. The van der Waals surface area contributed by atoms with Crippen molar-refractivity contribution in [3.05, 3.63) is 48.2 Å². The first-order chi connectivity index (χ1) is 6.33. The van der Waals surface area contributed by atoms with E-state index in [4.69, 9.17) is 0 Å². The third kappa shape index (κ3) is 3.76. The van der Waals surface area contributed by atoms with Crippen LogP contribution in [0.5, 0.6) is 0 Å². The van der Waals surface area contributed by atoms with Crippen molar-refractivity contribution in [3.63, 3.8) is 0 Å². The Labute approximate surface area is 79.7 Å². The topological polar surface area (TPSA) is 24.1 Å². The highest BCUT2D eigenvalue weighted by molar-refractivity contribution is 5.15. The van der Waals surface area contributed by atoms with Crippen LogP contribution in [0.15, 0.2) is 42.6 Å². The van der Waals surface area contributed by atoms with E-state index in [1.807, 2.05) is 25.2 Å². The van der Waals surface area contributed by atoms with E-state index in [1.54, 1.807) is 0 Å². The van der Waals surface area contributed by atoms with Crippen molar-refractivity contribution in [3.8, 4) is 0 Å². The van der Waals surface area contributed by atoms with Crippen molar-refractivity contribution < 1.29 is 0 Å². The van der Waals surface area contributed by atoms with Gasteiger partial charge >= 0.3 is 0 Å². The summed E-state index contributed by atoms with van der Waals surface area (Å²) in [6.45, 7) is 5.55. The molecule has 13 heavy (non-hydrogen) atoms. The zero-order valence-electron chi connectivity index (χ0n) is 8.01. The fraction of sp³-hybridized carbons (Fsp3) is 0.273. The fourth-order valence-corrected chi connectivity index (χ4v) is 1.10. The van der Waals surface area contributed by atoms with Crippen LogP contribution in [-0.4, -0.2) is 13.6 Å². The fourth-order valence-electron chi connectivity index (χ4n) is 1.10. The lowest BCUT2D eigenvalue weighted by atomic mass is 10.2. The summed E-state index contributed by atoms with van der Waals surface area (Å²) in [6, 6.07) is 10.3. The van der Waals surface area contributed by atoms with Gasteiger partial charge < -0.3 is 10.6 Å². The van der Waals surface area contributed by atoms with Crippen molar-refractivity contribution in [2.75, 3.05) is 13.6 Å². The molecule has 1 aromatic rings. The van der Waals surface area contributed by atoms with Gasteiger partial charge in [0.15, 0.2) is 0 Å². The summed E-state index contributed by atoms with van der Waals surface area (Å²) in [7, 11) is 1.91. The maximum atomic E-state index is 3.89. The minimum atomic E-state index is 0.812. The van der Waals surface area contributed by atoms with Crippen LogP contribution in [0.2, 0.25) is 0 Å². The van der Waals surface area contributed by atoms with Gasteiger partial charge in [-0.15, -0.1) is 0 Å². The minimum absolute atomic E-state index is 0.812. The number of hydrogen-bond acceptors (Lipinski definition) is 2. The molecule has 1 rings (SSSR count). The normalized spacial score (nSPS) is 9.62. The molecule has 2 nitrogen and oxygen atoms in total. The average molecular weight is 176 g/mol. The Morgan fingerprint density at radius 3 is 2.62 bits per heavy atom. The Hall–Kier alpha value is -1.28. The number of likely N-dealkylation sites (N-methyl/N-ethyl adjacent to an activating group) is 1. The SMILES string of the molecule is C=C(CNC)NCc1ccccc1. The predicted octanol–water partition coefficient (Wildman–Crippen LogP) is 1.51. The molecule has 0 aliphatic heterocycles. The zero-order chi connectivity index (χ0) is 9.52. The molecular formula is C11H16N2. The van der Waals surface area contributed by atoms with Gasteiger partial charge in [0, 0.05) is 18.8 Å². The van der Waals surface area contributed by atoms with Gasteiger partial charge in [-0.25, -0.2) is 0 Å². The first-order valence-electron chi connectivity index (χ1n) is 4.43. The molecule has 0 unspecified atom stereocenters. The van der Waals surface area contributed by atoms with Crippen LogP contribution in [0.3, 0.4) is 0 Å². The van der Waals surface area contributed by atoms with E-state index in [9.17, 15) is 0 Å². The first kappa shape index (κ1) is 9.81. The highest BCUT2D eigenvalue weighted by atomic mass is 14.9. The molecule has 70 valence electrons.